The molecule has 0 aliphatic heterocycles. The Morgan fingerprint density at radius 3 is 2.65 bits per heavy atom. The van der Waals surface area contributed by atoms with E-state index < -0.39 is 0 Å². The van der Waals surface area contributed by atoms with Crippen molar-refractivity contribution in [1.29, 1.82) is 0 Å². The van der Waals surface area contributed by atoms with E-state index >= 15 is 0 Å². The molecule has 0 amide bonds. The molecule has 0 bridgehead atoms. The van der Waals surface area contributed by atoms with Crippen LogP contribution in [0.25, 0.3) is 5.76 Å². The maximum atomic E-state index is 11.9. The molecule has 2 atom stereocenters. The van der Waals surface area contributed by atoms with Crippen LogP contribution < -0.4 is 0 Å². The first-order valence-corrected chi connectivity index (χ1v) is 5.64. The van der Waals surface area contributed by atoms with Crippen LogP contribution in [0.15, 0.2) is 29.8 Å². The number of hydrogen-bond donors (Lipinski definition) is 1. The Morgan fingerprint density at radius 1 is 1.35 bits per heavy atom. The first-order valence-electron chi connectivity index (χ1n) is 5.64. The molecule has 0 spiro atoms. The van der Waals surface area contributed by atoms with Gasteiger partial charge in [0.05, 0.1) is 13.0 Å². The van der Waals surface area contributed by atoms with Crippen molar-refractivity contribution in [3.63, 3.8) is 0 Å². The number of esters is 1. The van der Waals surface area contributed by atoms with Crippen LogP contribution in [0.3, 0.4) is 0 Å². The molecule has 0 aromatic heterocycles. The summed E-state index contributed by atoms with van der Waals surface area (Å²) in [5, 5.41) is 10.1. The number of carbonyl (C=O) groups is 1. The second kappa shape index (κ2) is 4.24. The summed E-state index contributed by atoms with van der Waals surface area (Å²) < 4.78 is 4.86. The summed E-state index contributed by atoms with van der Waals surface area (Å²) in [5.41, 5.74) is 2.41. The summed E-state index contributed by atoms with van der Waals surface area (Å²) in [4.78, 5) is 11.9. The molecule has 0 radical (unpaired) electrons. The molecule has 0 saturated carbocycles. The van der Waals surface area contributed by atoms with Gasteiger partial charge in [-0.15, -0.1) is 0 Å². The van der Waals surface area contributed by atoms with Crippen LogP contribution in [0.1, 0.15) is 30.9 Å². The zero-order chi connectivity index (χ0) is 12.6. The van der Waals surface area contributed by atoms with Gasteiger partial charge in [0.25, 0.3) is 0 Å². The third-order valence-corrected chi connectivity index (χ3v) is 3.56. The summed E-state index contributed by atoms with van der Waals surface area (Å²) in [5.74, 6) is -0.338. The van der Waals surface area contributed by atoms with Gasteiger partial charge < -0.3 is 9.84 Å². The van der Waals surface area contributed by atoms with Gasteiger partial charge in [0.15, 0.2) is 0 Å². The van der Waals surface area contributed by atoms with Crippen LogP contribution in [0, 0.1) is 5.92 Å². The molecule has 0 heterocycles. The highest BCUT2D eigenvalue weighted by atomic mass is 16.5. The van der Waals surface area contributed by atoms with E-state index in [1.807, 2.05) is 38.1 Å². The zero-order valence-corrected chi connectivity index (χ0v) is 10.2. The fraction of sp³-hybridized carbons (Fsp3) is 0.357. The van der Waals surface area contributed by atoms with E-state index in [0.29, 0.717) is 0 Å². The van der Waals surface area contributed by atoms with E-state index in [9.17, 15) is 9.90 Å². The van der Waals surface area contributed by atoms with Gasteiger partial charge >= 0.3 is 5.97 Å². The van der Waals surface area contributed by atoms with Crippen molar-refractivity contribution in [2.24, 2.45) is 5.92 Å². The normalized spacial score (nSPS) is 23.2. The van der Waals surface area contributed by atoms with E-state index in [0.717, 1.165) is 16.7 Å². The smallest absolute Gasteiger partial charge is 0.313 e. The Balaban J connectivity index is 2.62. The number of allylic oxidation sites excluding steroid dienone is 1. The molecule has 17 heavy (non-hydrogen) atoms. The van der Waals surface area contributed by atoms with Crippen molar-refractivity contribution in [3.8, 4) is 0 Å². The van der Waals surface area contributed by atoms with Crippen LogP contribution in [0.5, 0.6) is 0 Å². The minimum absolute atomic E-state index is 0.0441. The number of methoxy groups -OCH3 is 1. The number of ether oxygens (including phenoxy) is 1. The molecule has 2 rings (SSSR count). The van der Waals surface area contributed by atoms with Crippen LogP contribution in [0.4, 0.5) is 0 Å². The SMILES string of the molecule is COC(=O)C1c2ccccc2C(O)=C(C)C1C. The van der Waals surface area contributed by atoms with E-state index in [1.165, 1.54) is 7.11 Å². The van der Waals surface area contributed by atoms with Gasteiger partial charge in [-0.2, -0.15) is 0 Å². The molecular weight excluding hydrogens is 216 g/mol. The lowest BCUT2D eigenvalue weighted by Gasteiger charge is -2.30. The topological polar surface area (TPSA) is 46.5 Å². The van der Waals surface area contributed by atoms with Crippen molar-refractivity contribution >= 4 is 11.7 Å². The summed E-state index contributed by atoms with van der Waals surface area (Å²) in [6, 6.07) is 7.42. The summed E-state index contributed by atoms with van der Waals surface area (Å²) in [6.07, 6.45) is 0. The number of aliphatic hydroxyl groups is 1. The summed E-state index contributed by atoms with van der Waals surface area (Å²) in [6.45, 7) is 3.79. The Bertz CT molecular complexity index is 488. The number of carbonyl (C=O) groups excluding carboxylic acids is 1. The lowest BCUT2D eigenvalue weighted by molar-refractivity contribution is -0.143. The van der Waals surface area contributed by atoms with Crippen LogP contribution in [-0.4, -0.2) is 18.2 Å². The van der Waals surface area contributed by atoms with Crippen molar-refractivity contribution in [1.82, 2.24) is 0 Å². The summed E-state index contributed by atoms with van der Waals surface area (Å²) >= 11 is 0. The minimum Gasteiger partial charge on any atom is -0.507 e. The maximum Gasteiger partial charge on any atom is 0.313 e. The van der Waals surface area contributed by atoms with Gasteiger partial charge in [0, 0.05) is 5.56 Å². The van der Waals surface area contributed by atoms with E-state index in [2.05, 4.69) is 0 Å². The van der Waals surface area contributed by atoms with E-state index in [4.69, 9.17) is 4.74 Å². The van der Waals surface area contributed by atoms with Crippen LogP contribution in [0.2, 0.25) is 0 Å². The molecule has 1 N–H and O–H groups in total. The Labute approximate surface area is 101 Å². The largest absolute Gasteiger partial charge is 0.507 e. The third-order valence-electron chi connectivity index (χ3n) is 3.56. The molecule has 3 nitrogen and oxygen atoms in total. The van der Waals surface area contributed by atoms with Crippen LogP contribution >= 0.6 is 0 Å². The molecule has 2 unspecified atom stereocenters. The van der Waals surface area contributed by atoms with Crippen molar-refractivity contribution in [2.45, 2.75) is 19.8 Å². The Hall–Kier alpha value is -1.77. The van der Waals surface area contributed by atoms with E-state index in [-0.39, 0.29) is 23.6 Å². The monoisotopic (exact) mass is 232 g/mol. The molecular formula is C14H16O3. The fourth-order valence-corrected chi connectivity index (χ4v) is 2.39. The van der Waals surface area contributed by atoms with Gasteiger partial charge in [-0.05, 0) is 24.0 Å². The van der Waals surface area contributed by atoms with Crippen molar-refractivity contribution in [3.05, 3.63) is 41.0 Å². The number of hydrogen-bond acceptors (Lipinski definition) is 3. The molecule has 3 heteroatoms. The second-order valence-electron chi connectivity index (χ2n) is 4.41. The highest BCUT2D eigenvalue weighted by Crippen LogP contribution is 2.41. The number of aliphatic hydroxyl groups excluding tert-OH is 1. The molecule has 1 aromatic carbocycles. The molecule has 1 aromatic rings. The zero-order valence-electron chi connectivity index (χ0n) is 10.2. The van der Waals surface area contributed by atoms with E-state index in [1.54, 1.807) is 0 Å². The van der Waals surface area contributed by atoms with Gasteiger partial charge in [-0.1, -0.05) is 31.2 Å². The molecule has 0 fully saturated rings. The molecule has 1 aliphatic rings. The quantitative estimate of drug-likeness (QED) is 0.757. The Morgan fingerprint density at radius 2 is 2.00 bits per heavy atom. The molecule has 0 saturated heterocycles. The average Bonchev–Trinajstić information content (AvgIpc) is 2.36. The number of benzene rings is 1. The minimum atomic E-state index is -0.327. The van der Waals surface area contributed by atoms with Crippen molar-refractivity contribution in [2.75, 3.05) is 7.11 Å². The second-order valence-corrected chi connectivity index (χ2v) is 4.41. The first-order chi connectivity index (χ1) is 8.07. The number of fused-ring (bicyclic) bond motifs is 1. The fourth-order valence-electron chi connectivity index (χ4n) is 2.39. The standard InChI is InChI=1S/C14H16O3/c1-8-9(2)13(15)11-7-5-4-6-10(11)12(8)14(16)17-3/h4-8,12,15H,1-3H3. The molecule has 1 aliphatic carbocycles. The van der Waals surface area contributed by atoms with Crippen LogP contribution in [-0.2, 0) is 9.53 Å². The highest BCUT2D eigenvalue weighted by Gasteiger charge is 2.36. The lowest BCUT2D eigenvalue weighted by atomic mass is 9.75. The van der Waals surface area contributed by atoms with Gasteiger partial charge in [0.2, 0.25) is 0 Å². The van der Waals surface area contributed by atoms with Gasteiger partial charge in [-0.25, -0.2) is 0 Å². The Kier molecular flexibility index (Phi) is 2.92. The predicted octanol–water partition coefficient (Wildman–Crippen LogP) is 2.88. The van der Waals surface area contributed by atoms with Gasteiger partial charge in [-0.3, -0.25) is 4.79 Å². The maximum absolute atomic E-state index is 11.9. The third kappa shape index (κ3) is 1.71. The van der Waals surface area contributed by atoms with Crippen molar-refractivity contribution < 1.29 is 14.6 Å². The highest BCUT2D eigenvalue weighted by molar-refractivity contribution is 5.84. The molecule has 90 valence electrons. The summed E-state index contributed by atoms with van der Waals surface area (Å²) in [7, 11) is 1.39. The van der Waals surface area contributed by atoms with Gasteiger partial charge in [0.1, 0.15) is 5.76 Å². The average molecular weight is 232 g/mol. The lowest BCUT2D eigenvalue weighted by Crippen LogP contribution is -2.26. The predicted molar refractivity (Wildman–Crippen MR) is 65.6 cm³/mol. The first kappa shape index (κ1) is 11.7. The number of rotatable bonds is 1.